The molecule has 3 saturated carbocycles. The molecule has 3 nitrogen and oxygen atoms in total. The monoisotopic (exact) mass is 423 g/mol. The van der Waals surface area contributed by atoms with Gasteiger partial charge in [-0.3, -0.25) is 0 Å². The van der Waals surface area contributed by atoms with Gasteiger partial charge in [0.25, 0.3) is 0 Å². The van der Waals surface area contributed by atoms with Crippen LogP contribution < -0.4 is 0 Å². The van der Waals surface area contributed by atoms with Gasteiger partial charge >= 0.3 is 17.1 Å². The minimum absolute atomic E-state index is 0. The second kappa shape index (κ2) is 10.4. The fourth-order valence-electron chi connectivity index (χ4n) is 3.52. The third kappa shape index (κ3) is 5.59. The van der Waals surface area contributed by atoms with Gasteiger partial charge in [-0.15, -0.1) is 0 Å². The van der Waals surface area contributed by atoms with E-state index in [2.05, 4.69) is 4.36 Å². The summed E-state index contributed by atoms with van der Waals surface area (Å²) in [5, 5.41) is 11.1. The number of benzene rings is 1. The van der Waals surface area contributed by atoms with Crippen molar-refractivity contribution in [2.24, 2.45) is 4.36 Å². The zero-order valence-electron chi connectivity index (χ0n) is 15.4. The summed E-state index contributed by atoms with van der Waals surface area (Å²) in [7, 11) is -1.03. The van der Waals surface area contributed by atoms with Gasteiger partial charge in [-0.1, -0.05) is 18.2 Å². The molecule has 3 aliphatic carbocycles. The molecule has 3 fully saturated rings. The molecule has 4 rings (SSSR count). The quantitative estimate of drug-likeness (QED) is 0.751. The molecule has 1 N–H and O–H groups in total. The largest absolute Gasteiger partial charge is 2.00 e. The van der Waals surface area contributed by atoms with E-state index in [1.54, 1.807) is 7.05 Å². The van der Waals surface area contributed by atoms with E-state index < -0.39 is 15.3 Å². The van der Waals surface area contributed by atoms with Crippen molar-refractivity contribution >= 4 is 9.73 Å². The summed E-state index contributed by atoms with van der Waals surface area (Å²) >= 11 is 0. The van der Waals surface area contributed by atoms with Crippen molar-refractivity contribution in [3.05, 3.63) is 93.5 Å². The van der Waals surface area contributed by atoms with E-state index in [1.807, 2.05) is 81.7 Å². The van der Waals surface area contributed by atoms with E-state index in [0.717, 1.165) is 18.8 Å². The second-order valence-corrected chi connectivity index (χ2v) is 9.00. The summed E-state index contributed by atoms with van der Waals surface area (Å²) < 4.78 is 17.4. The van der Waals surface area contributed by atoms with Crippen LogP contribution in [-0.4, -0.2) is 27.7 Å². The van der Waals surface area contributed by atoms with Crippen molar-refractivity contribution in [2.45, 2.75) is 29.8 Å². The molecular weight excluding hydrogens is 398 g/mol. The van der Waals surface area contributed by atoms with E-state index in [0.29, 0.717) is 11.3 Å². The Morgan fingerprint density at radius 2 is 1.67 bits per heavy atom. The molecule has 1 aromatic carbocycles. The average molecular weight is 423 g/mol. The molecule has 0 spiro atoms. The van der Waals surface area contributed by atoms with E-state index in [1.165, 1.54) is 5.92 Å². The first-order chi connectivity index (χ1) is 12.6. The zero-order valence-corrected chi connectivity index (χ0v) is 17.3. The minimum Gasteiger partial charge on any atom is -0.388 e. The van der Waals surface area contributed by atoms with Crippen molar-refractivity contribution in [3.8, 4) is 0 Å². The summed E-state index contributed by atoms with van der Waals surface area (Å²) in [5.41, 5.74) is -1.04. The summed E-state index contributed by atoms with van der Waals surface area (Å²) in [5.74, 6) is 2.27. The fraction of sp³-hybridized carbons (Fsp3) is 0.273. The van der Waals surface area contributed by atoms with Gasteiger partial charge in [0, 0.05) is 17.9 Å². The number of aliphatic hydroxyl groups is 1. The standard InChI is InChI=1S/C17H20NO2S.C5H5.Fe/c1-18-21(20,15-9-3-2-4-10-15)13-17(19)12-6-8-14-7-5-11-16(14)17;1-2-4-5-3-1;/h2-5,7,9-11,19H,6,8,12-13H2,1H3;1-5H;/q;;+2/t17-,21?;;/m0../s1. The van der Waals surface area contributed by atoms with Crippen molar-refractivity contribution < 1.29 is 26.4 Å². The molecule has 0 amide bonds. The minimum atomic E-state index is -2.61. The predicted octanol–water partition coefficient (Wildman–Crippen LogP) is 3.85. The SMILES string of the molecule is CN=S(=O)(C[C@@]1(O)CCC[C]2[CH][CH][CH][C]21)c1ccccc1.[CH]1[CH][CH][CH][CH]1.[Fe+2]. The summed E-state index contributed by atoms with van der Waals surface area (Å²) in [4.78, 5) is 0.694. The molecule has 0 aromatic heterocycles. The van der Waals surface area contributed by atoms with Crippen LogP contribution in [0.4, 0.5) is 0 Å². The molecule has 0 aliphatic heterocycles. The van der Waals surface area contributed by atoms with Crippen LogP contribution in [-0.2, 0) is 26.8 Å². The van der Waals surface area contributed by atoms with Gasteiger partial charge in [0.05, 0.1) is 21.1 Å². The third-order valence-electron chi connectivity index (χ3n) is 4.84. The average Bonchev–Trinajstić information content (AvgIpc) is 3.37. The topological polar surface area (TPSA) is 49.7 Å². The van der Waals surface area contributed by atoms with Gasteiger partial charge in [0.1, 0.15) is 0 Å². The first-order valence-corrected chi connectivity index (χ1v) is 10.6. The van der Waals surface area contributed by atoms with Crippen LogP contribution in [0, 0.1) is 63.2 Å². The summed E-state index contributed by atoms with van der Waals surface area (Å²) in [6.45, 7) is 0. The zero-order chi connectivity index (χ0) is 18.5. The van der Waals surface area contributed by atoms with Crippen LogP contribution >= 0.6 is 0 Å². The van der Waals surface area contributed by atoms with Gasteiger partial charge in [0.15, 0.2) is 0 Å². The first-order valence-electron chi connectivity index (χ1n) is 8.89. The summed E-state index contributed by atoms with van der Waals surface area (Å²) in [6.07, 6.45) is 18.5. The number of fused-ring (bicyclic) bond motifs is 1. The van der Waals surface area contributed by atoms with E-state index in [9.17, 15) is 9.32 Å². The molecule has 1 aromatic rings. The fourth-order valence-corrected chi connectivity index (χ4v) is 5.55. The molecule has 2 atom stereocenters. The van der Waals surface area contributed by atoms with Crippen LogP contribution in [0.2, 0.25) is 0 Å². The van der Waals surface area contributed by atoms with Gasteiger partial charge in [-0.2, -0.15) is 0 Å². The molecule has 0 heterocycles. The molecular formula is C22H25FeNO2S+2. The van der Waals surface area contributed by atoms with Crippen LogP contribution in [0.3, 0.4) is 0 Å². The smallest absolute Gasteiger partial charge is 0.388 e. The molecule has 0 saturated heterocycles. The molecule has 0 bridgehead atoms. The number of rotatable bonds is 3. The van der Waals surface area contributed by atoms with E-state index in [-0.39, 0.29) is 22.8 Å². The third-order valence-corrected chi connectivity index (χ3v) is 7.31. The van der Waals surface area contributed by atoms with E-state index in [4.69, 9.17) is 0 Å². The van der Waals surface area contributed by atoms with E-state index >= 15 is 0 Å². The Balaban J connectivity index is 0.000000379. The molecule has 142 valence electrons. The number of hydrogen-bond donors (Lipinski definition) is 1. The Morgan fingerprint density at radius 1 is 1.04 bits per heavy atom. The Bertz CT molecular complexity index is 675. The van der Waals surface area contributed by atoms with Gasteiger partial charge in [0.2, 0.25) is 0 Å². The Morgan fingerprint density at radius 3 is 2.26 bits per heavy atom. The molecule has 5 heteroatoms. The normalized spacial score (nSPS) is 27.6. The molecule has 27 heavy (non-hydrogen) atoms. The van der Waals surface area contributed by atoms with Crippen molar-refractivity contribution in [3.63, 3.8) is 0 Å². The van der Waals surface area contributed by atoms with Gasteiger partial charge in [-0.05, 0) is 88.7 Å². The second-order valence-electron chi connectivity index (χ2n) is 6.59. The maximum absolute atomic E-state index is 13.2. The Kier molecular flexibility index (Phi) is 8.86. The van der Waals surface area contributed by atoms with Crippen LogP contribution in [0.15, 0.2) is 39.6 Å². The molecule has 3 aliphatic rings. The van der Waals surface area contributed by atoms with Crippen LogP contribution in [0.25, 0.3) is 0 Å². The van der Waals surface area contributed by atoms with Crippen LogP contribution in [0.5, 0.6) is 0 Å². The maximum Gasteiger partial charge on any atom is 2.00 e. The van der Waals surface area contributed by atoms with Crippen LogP contribution in [0.1, 0.15) is 19.3 Å². The summed E-state index contributed by atoms with van der Waals surface area (Å²) in [6, 6.07) is 9.27. The van der Waals surface area contributed by atoms with Gasteiger partial charge in [-0.25, -0.2) is 8.57 Å². The van der Waals surface area contributed by atoms with Gasteiger partial charge < -0.3 is 5.11 Å². The number of hydrogen-bond acceptors (Lipinski definition) is 3. The molecule has 10 radical (unpaired) electrons. The Labute approximate surface area is 176 Å². The first kappa shape index (κ1) is 22.9. The van der Waals surface area contributed by atoms with Crippen molar-refractivity contribution in [1.29, 1.82) is 0 Å². The maximum atomic E-state index is 13.2. The molecule has 1 unspecified atom stereocenters. The number of nitrogens with zero attached hydrogens (tertiary/aromatic N) is 1. The van der Waals surface area contributed by atoms with Crippen molar-refractivity contribution in [1.82, 2.24) is 0 Å². The van der Waals surface area contributed by atoms with Crippen molar-refractivity contribution in [2.75, 3.05) is 12.8 Å². The predicted molar refractivity (Wildman–Crippen MR) is 106 cm³/mol. The Hall–Kier alpha value is -0.351.